The van der Waals surface area contributed by atoms with Crippen LogP contribution in [0.15, 0.2) is 18.2 Å². The van der Waals surface area contributed by atoms with Gasteiger partial charge in [0.05, 0.1) is 16.9 Å². The summed E-state index contributed by atoms with van der Waals surface area (Å²) >= 11 is 0. The van der Waals surface area contributed by atoms with Crippen molar-refractivity contribution in [3.63, 3.8) is 0 Å². The molecule has 0 spiro atoms. The van der Waals surface area contributed by atoms with Gasteiger partial charge in [-0.15, -0.1) is 0 Å². The Labute approximate surface area is 102 Å². The van der Waals surface area contributed by atoms with Gasteiger partial charge in [0.15, 0.2) is 0 Å². The molecule has 1 aromatic rings. The Balaban J connectivity index is 2.64. The minimum atomic E-state index is -4.18. The van der Waals surface area contributed by atoms with E-state index in [9.17, 15) is 18.0 Å². The topological polar surface area (TPSA) is 81.1 Å². The Morgan fingerprint density at radius 1 is 1.33 bits per heavy atom. The average Bonchev–Trinajstić information content (AvgIpc) is 2.24. The quantitative estimate of drug-likeness (QED) is 0.561. The first-order valence-corrected chi connectivity index (χ1v) is 5.30. The maximum Gasteiger partial charge on any atom is 0.389 e. The lowest BCUT2D eigenvalue weighted by Gasteiger charge is -2.13. The Kier molecular flexibility index (Phi) is 4.41. The Bertz CT molecular complexity index is 432. The van der Waals surface area contributed by atoms with Crippen LogP contribution in [-0.4, -0.2) is 18.6 Å². The molecule has 1 rings (SSSR count). The third-order valence-corrected chi connectivity index (χ3v) is 2.30. The van der Waals surface area contributed by atoms with E-state index in [0.29, 0.717) is 0 Å². The molecule has 0 saturated carbocycles. The van der Waals surface area contributed by atoms with Gasteiger partial charge in [-0.2, -0.15) is 13.2 Å². The van der Waals surface area contributed by atoms with Crippen LogP contribution < -0.4 is 16.8 Å². The number of nitrogens with one attached hydrogen (secondary N) is 1. The minimum Gasteiger partial charge on any atom is -0.397 e. The zero-order chi connectivity index (χ0) is 13.8. The number of primary amides is 1. The first-order chi connectivity index (χ1) is 8.31. The van der Waals surface area contributed by atoms with E-state index in [1.807, 2.05) is 0 Å². The number of alkyl halides is 3. The molecular weight excluding hydrogens is 247 g/mol. The number of rotatable bonds is 5. The molecule has 4 nitrogen and oxygen atoms in total. The summed E-state index contributed by atoms with van der Waals surface area (Å²) in [6.45, 7) is 0.0635. The normalized spacial score (nSPS) is 11.3. The predicted octanol–water partition coefficient (Wildman–Crippen LogP) is 2.12. The van der Waals surface area contributed by atoms with Crippen molar-refractivity contribution in [1.82, 2.24) is 0 Å². The molecule has 1 aromatic carbocycles. The van der Waals surface area contributed by atoms with Crippen molar-refractivity contribution in [3.8, 4) is 0 Å². The summed E-state index contributed by atoms with van der Waals surface area (Å²) in [6.07, 6.45) is -5.18. The zero-order valence-corrected chi connectivity index (χ0v) is 9.55. The number of para-hydroxylation sites is 1. The van der Waals surface area contributed by atoms with Gasteiger partial charge in [-0.25, -0.2) is 0 Å². The number of hydrogen-bond donors (Lipinski definition) is 3. The van der Waals surface area contributed by atoms with Gasteiger partial charge in [0.25, 0.3) is 5.91 Å². The van der Waals surface area contributed by atoms with E-state index in [2.05, 4.69) is 5.32 Å². The maximum atomic E-state index is 11.9. The van der Waals surface area contributed by atoms with E-state index in [1.165, 1.54) is 6.07 Å². The third-order valence-electron chi connectivity index (χ3n) is 2.30. The molecule has 0 aromatic heterocycles. The average molecular weight is 261 g/mol. The molecule has 18 heavy (non-hydrogen) atoms. The van der Waals surface area contributed by atoms with Crippen LogP contribution in [0.2, 0.25) is 0 Å². The Morgan fingerprint density at radius 3 is 2.56 bits per heavy atom. The molecule has 0 aliphatic rings. The predicted molar refractivity (Wildman–Crippen MR) is 63.2 cm³/mol. The van der Waals surface area contributed by atoms with Crippen LogP contribution in [0.5, 0.6) is 0 Å². The molecule has 5 N–H and O–H groups in total. The standard InChI is InChI=1S/C11H14F3N3O/c12-11(13,14)5-2-6-17-9-7(10(16)18)3-1-4-8(9)15/h1,3-4,17H,2,5-6,15H2,(H2,16,18). The van der Waals surface area contributed by atoms with Crippen molar-refractivity contribution < 1.29 is 18.0 Å². The number of nitrogen functional groups attached to an aromatic ring is 1. The van der Waals surface area contributed by atoms with E-state index in [-0.39, 0.29) is 29.9 Å². The fourth-order valence-electron chi connectivity index (χ4n) is 1.48. The third kappa shape index (κ3) is 4.15. The molecule has 0 unspecified atom stereocenters. The molecule has 0 aliphatic heterocycles. The molecule has 0 heterocycles. The van der Waals surface area contributed by atoms with Crippen molar-refractivity contribution >= 4 is 17.3 Å². The van der Waals surface area contributed by atoms with E-state index in [0.717, 1.165) is 0 Å². The second kappa shape index (κ2) is 5.61. The van der Waals surface area contributed by atoms with Crippen LogP contribution in [0.25, 0.3) is 0 Å². The van der Waals surface area contributed by atoms with Crippen molar-refractivity contribution in [1.29, 1.82) is 0 Å². The van der Waals surface area contributed by atoms with Gasteiger partial charge in [0.1, 0.15) is 0 Å². The monoisotopic (exact) mass is 261 g/mol. The molecule has 0 radical (unpaired) electrons. The number of carbonyl (C=O) groups is 1. The molecule has 100 valence electrons. The maximum absolute atomic E-state index is 11.9. The van der Waals surface area contributed by atoms with Crippen molar-refractivity contribution in [3.05, 3.63) is 23.8 Å². The molecule has 1 amide bonds. The van der Waals surface area contributed by atoms with Crippen LogP contribution in [0, 0.1) is 0 Å². The molecule has 0 fully saturated rings. The lowest BCUT2D eigenvalue weighted by molar-refractivity contribution is -0.134. The summed E-state index contributed by atoms with van der Waals surface area (Å²) in [5, 5.41) is 2.71. The van der Waals surface area contributed by atoms with Crippen LogP contribution in [0.4, 0.5) is 24.5 Å². The van der Waals surface area contributed by atoms with Gasteiger partial charge in [0, 0.05) is 13.0 Å². The van der Waals surface area contributed by atoms with E-state index >= 15 is 0 Å². The highest BCUT2D eigenvalue weighted by atomic mass is 19.4. The van der Waals surface area contributed by atoms with Crippen molar-refractivity contribution in [2.24, 2.45) is 5.73 Å². The van der Waals surface area contributed by atoms with Gasteiger partial charge in [-0.1, -0.05) is 6.07 Å². The second-order valence-corrected chi connectivity index (χ2v) is 3.78. The van der Waals surface area contributed by atoms with Crippen molar-refractivity contribution in [2.45, 2.75) is 19.0 Å². The number of halogens is 3. The molecule has 0 aliphatic carbocycles. The lowest BCUT2D eigenvalue weighted by atomic mass is 10.1. The molecule has 0 atom stereocenters. The summed E-state index contributed by atoms with van der Waals surface area (Å²) in [5.74, 6) is -0.680. The highest BCUT2D eigenvalue weighted by Gasteiger charge is 2.26. The van der Waals surface area contributed by atoms with E-state index in [4.69, 9.17) is 11.5 Å². The number of hydrogen-bond acceptors (Lipinski definition) is 3. The smallest absolute Gasteiger partial charge is 0.389 e. The van der Waals surface area contributed by atoms with E-state index < -0.39 is 18.5 Å². The summed E-state index contributed by atoms with van der Waals surface area (Å²) in [5.41, 5.74) is 11.5. The fourth-order valence-corrected chi connectivity index (χ4v) is 1.48. The first-order valence-electron chi connectivity index (χ1n) is 5.30. The first kappa shape index (κ1) is 14.1. The van der Waals surface area contributed by atoms with Crippen LogP contribution in [0.3, 0.4) is 0 Å². The number of anilines is 2. The lowest BCUT2D eigenvalue weighted by Crippen LogP contribution is -2.17. The summed E-state index contributed by atoms with van der Waals surface area (Å²) < 4.78 is 35.8. The van der Waals surface area contributed by atoms with Crippen LogP contribution in [0.1, 0.15) is 23.2 Å². The summed E-state index contributed by atoms with van der Waals surface area (Å²) in [4.78, 5) is 11.1. The SMILES string of the molecule is NC(=O)c1cccc(N)c1NCCCC(F)(F)F. The fraction of sp³-hybridized carbons (Fsp3) is 0.364. The van der Waals surface area contributed by atoms with Gasteiger partial charge in [0.2, 0.25) is 0 Å². The number of nitrogens with two attached hydrogens (primary N) is 2. The van der Waals surface area contributed by atoms with Gasteiger partial charge in [-0.05, 0) is 18.6 Å². The van der Waals surface area contributed by atoms with Gasteiger partial charge >= 0.3 is 6.18 Å². The Morgan fingerprint density at radius 2 is 2.00 bits per heavy atom. The highest BCUT2D eigenvalue weighted by Crippen LogP contribution is 2.24. The summed E-state index contributed by atoms with van der Waals surface area (Å²) in [7, 11) is 0. The van der Waals surface area contributed by atoms with Gasteiger partial charge < -0.3 is 16.8 Å². The summed E-state index contributed by atoms with van der Waals surface area (Å²) in [6, 6.07) is 4.56. The highest BCUT2D eigenvalue weighted by molar-refractivity contribution is 6.01. The molecule has 7 heteroatoms. The zero-order valence-electron chi connectivity index (χ0n) is 9.55. The minimum absolute atomic E-state index is 0.0635. The molecular formula is C11H14F3N3O. The van der Waals surface area contributed by atoms with E-state index in [1.54, 1.807) is 12.1 Å². The Hall–Kier alpha value is -1.92. The number of amides is 1. The van der Waals surface area contributed by atoms with Crippen molar-refractivity contribution in [2.75, 3.05) is 17.6 Å². The van der Waals surface area contributed by atoms with Gasteiger partial charge in [-0.3, -0.25) is 4.79 Å². The molecule has 0 saturated heterocycles. The van der Waals surface area contributed by atoms with Crippen LogP contribution in [-0.2, 0) is 0 Å². The number of benzene rings is 1. The number of carbonyl (C=O) groups excluding carboxylic acids is 1. The van der Waals surface area contributed by atoms with Crippen LogP contribution >= 0.6 is 0 Å². The molecule has 0 bridgehead atoms. The largest absolute Gasteiger partial charge is 0.397 e. The second-order valence-electron chi connectivity index (χ2n) is 3.78.